The summed E-state index contributed by atoms with van der Waals surface area (Å²) >= 11 is -7.17. The summed E-state index contributed by atoms with van der Waals surface area (Å²) in [7, 11) is 0. The molecule has 1 saturated heterocycles. The number of halogens is 15. The molecule has 4 rings (SSSR count). The van der Waals surface area contributed by atoms with Crippen LogP contribution in [0, 0.1) is 87.3 Å². The second-order valence-corrected chi connectivity index (χ2v) is 17.7. The monoisotopic (exact) mass is 794 g/mol. The van der Waals surface area contributed by atoms with E-state index in [4.69, 9.17) is 9.47 Å². The Morgan fingerprint density at radius 3 is 0.575 bits per heavy atom. The summed E-state index contributed by atoms with van der Waals surface area (Å²) in [6.07, 6.45) is 0. The molecule has 216 valence electrons. The Balaban J connectivity index is 0.000000649. The average molecular weight is 794 g/mol. The molecule has 1 heterocycles. The second kappa shape index (κ2) is 12.5. The summed E-state index contributed by atoms with van der Waals surface area (Å²) in [4.78, 5) is 0. The molecule has 0 radical (unpaired) electrons. The number of hydrogen-bond acceptors (Lipinski definition) is 2. The zero-order chi connectivity index (χ0) is 30.2. The minimum absolute atomic E-state index is 0.778. The molecule has 1 fully saturated rings. The van der Waals surface area contributed by atoms with Crippen molar-refractivity contribution in [2.24, 2.45) is 0 Å². The molecule has 0 aliphatic carbocycles. The first-order valence-electron chi connectivity index (χ1n) is 10.4. The van der Waals surface area contributed by atoms with Crippen LogP contribution in [-0.4, -0.2) is 49.1 Å². The molecule has 2 nitrogen and oxygen atoms in total. The molecular weight excluding hydrogens is 786 g/mol. The van der Waals surface area contributed by atoms with Gasteiger partial charge in [0.25, 0.3) is 0 Å². The van der Waals surface area contributed by atoms with E-state index in [-0.39, 0.29) is 0 Å². The molecule has 0 aromatic heterocycles. The van der Waals surface area contributed by atoms with Crippen LogP contribution in [0.4, 0.5) is 65.9 Å². The molecule has 0 atom stereocenters. The molecule has 1 aliphatic heterocycles. The van der Waals surface area contributed by atoms with E-state index in [0.29, 0.717) is 0 Å². The van der Waals surface area contributed by atoms with Gasteiger partial charge >= 0.3 is 185 Å². The maximum atomic E-state index is 14.4. The van der Waals surface area contributed by atoms with Crippen molar-refractivity contribution in [3.63, 3.8) is 0 Å². The van der Waals surface area contributed by atoms with Crippen molar-refractivity contribution in [3.8, 4) is 0 Å². The summed E-state index contributed by atoms with van der Waals surface area (Å²) < 4.78 is 212. The Kier molecular flexibility index (Phi) is 10.0. The van der Waals surface area contributed by atoms with Crippen molar-refractivity contribution in [3.05, 3.63) is 87.3 Å². The van der Waals surface area contributed by atoms with E-state index in [1.54, 1.807) is 0 Å². The van der Waals surface area contributed by atoms with Gasteiger partial charge in [0, 0.05) is 0 Å². The van der Waals surface area contributed by atoms with Gasteiger partial charge in [0.15, 0.2) is 0 Å². The van der Waals surface area contributed by atoms with E-state index in [1.807, 2.05) is 0 Å². The van der Waals surface area contributed by atoms with E-state index in [0.717, 1.165) is 26.4 Å². The minimum atomic E-state index is -7.17. The predicted molar refractivity (Wildman–Crippen MR) is 105 cm³/mol. The molecule has 0 unspecified atom stereocenters. The normalized spacial score (nSPS) is 13.3. The molecular formula is C22H8F15O2Tl. The van der Waals surface area contributed by atoms with Crippen LogP contribution in [0.25, 0.3) is 0 Å². The van der Waals surface area contributed by atoms with Crippen LogP contribution in [0.2, 0.25) is 0 Å². The quantitative estimate of drug-likeness (QED) is 0.171. The van der Waals surface area contributed by atoms with Gasteiger partial charge in [0.05, 0.1) is 26.4 Å². The summed E-state index contributed by atoms with van der Waals surface area (Å²) in [5.74, 6) is -44.2. The molecule has 18 heteroatoms. The van der Waals surface area contributed by atoms with Gasteiger partial charge in [-0.2, -0.15) is 0 Å². The van der Waals surface area contributed by atoms with Crippen molar-refractivity contribution < 1.29 is 75.3 Å². The van der Waals surface area contributed by atoms with Crippen LogP contribution in [-0.2, 0) is 9.47 Å². The van der Waals surface area contributed by atoms with Gasteiger partial charge in [0.2, 0.25) is 0 Å². The Bertz CT molecular complexity index is 1210. The third kappa shape index (κ3) is 5.50. The topological polar surface area (TPSA) is 18.5 Å². The van der Waals surface area contributed by atoms with Gasteiger partial charge in [0.1, 0.15) is 0 Å². The first kappa shape index (κ1) is 32.0. The van der Waals surface area contributed by atoms with Crippen molar-refractivity contribution in [1.29, 1.82) is 0 Å². The van der Waals surface area contributed by atoms with Crippen LogP contribution in [0.15, 0.2) is 0 Å². The summed E-state index contributed by atoms with van der Waals surface area (Å²) in [6.45, 7) is 3.11. The van der Waals surface area contributed by atoms with E-state index in [2.05, 4.69) is 0 Å². The summed E-state index contributed by atoms with van der Waals surface area (Å²) in [6, 6.07) is 0. The summed E-state index contributed by atoms with van der Waals surface area (Å²) in [5, 5.41) is 0. The first-order valence-corrected chi connectivity index (χ1v) is 17.1. The van der Waals surface area contributed by atoms with Crippen molar-refractivity contribution >= 4 is 32.1 Å². The van der Waals surface area contributed by atoms with Gasteiger partial charge in [-0.05, 0) is 0 Å². The zero-order valence-electron chi connectivity index (χ0n) is 18.9. The molecule has 0 N–H and O–H groups in total. The van der Waals surface area contributed by atoms with Crippen molar-refractivity contribution in [2.45, 2.75) is 0 Å². The zero-order valence-corrected chi connectivity index (χ0v) is 23.4. The molecule has 1 aliphatic rings. The van der Waals surface area contributed by atoms with Gasteiger partial charge in [-0.15, -0.1) is 0 Å². The Morgan fingerprint density at radius 1 is 0.275 bits per heavy atom. The molecule has 3 aromatic rings. The molecule has 40 heavy (non-hydrogen) atoms. The van der Waals surface area contributed by atoms with Crippen LogP contribution >= 0.6 is 0 Å². The second-order valence-electron chi connectivity index (χ2n) is 7.61. The first-order chi connectivity index (χ1) is 18.7. The van der Waals surface area contributed by atoms with Crippen LogP contribution in [0.5, 0.6) is 0 Å². The third-order valence-corrected chi connectivity index (χ3v) is 18.0. The fourth-order valence-electron chi connectivity index (χ4n) is 3.50. The number of rotatable bonds is 3. The Morgan fingerprint density at radius 2 is 0.425 bits per heavy atom. The predicted octanol–water partition coefficient (Wildman–Crippen LogP) is 4.32. The van der Waals surface area contributed by atoms with Crippen molar-refractivity contribution in [1.82, 2.24) is 0 Å². The average Bonchev–Trinajstić information content (AvgIpc) is 2.96. The molecule has 3 aromatic carbocycles. The number of benzene rings is 3. The molecule has 0 spiro atoms. The van der Waals surface area contributed by atoms with Gasteiger partial charge in [-0.1, -0.05) is 0 Å². The van der Waals surface area contributed by atoms with Gasteiger partial charge in [-0.3, -0.25) is 0 Å². The number of ether oxygens (including phenoxy) is 2. The Labute approximate surface area is 221 Å². The Hall–Kier alpha value is -2.55. The number of hydrogen-bond donors (Lipinski definition) is 0. The van der Waals surface area contributed by atoms with Crippen LogP contribution in [0.3, 0.4) is 0 Å². The maximum absolute atomic E-state index is 14.4. The third-order valence-electron chi connectivity index (χ3n) is 5.34. The molecule has 0 bridgehead atoms. The summed E-state index contributed by atoms with van der Waals surface area (Å²) in [5.41, 5.74) is 0. The van der Waals surface area contributed by atoms with E-state index < -0.39 is 119 Å². The fourth-order valence-corrected chi connectivity index (χ4v) is 15.7. The fraction of sp³-hybridized carbons (Fsp3) is 0.182. The van der Waals surface area contributed by atoms with Gasteiger partial charge < -0.3 is 9.47 Å². The molecule has 0 saturated carbocycles. The van der Waals surface area contributed by atoms with E-state index in [9.17, 15) is 65.9 Å². The van der Waals surface area contributed by atoms with Crippen LogP contribution < -0.4 is 9.37 Å². The van der Waals surface area contributed by atoms with Crippen LogP contribution in [0.1, 0.15) is 0 Å². The van der Waals surface area contributed by atoms with Crippen molar-refractivity contribution in [2.75, 3.05) is 26.4 Å². The van der Waals surface area contributed by atoms with E-state index in [1.165, 1.54) is 0 Å². The SMILES string of the molecule is C1COCCO1.Fc1c(F)c(F)[c]([Tl]([c]2c(F)c(F)c(F)c(F)c2F)[c]2c(F)c(F)c(F)c(F)c2F)c(F)c1F. The van der Waals surface area contributed by atoms with Gasteiger partial charge in [-0.25, -0.2) is 0 Å². The standard InChI is InChI=1S/3C6F5.C4H8O2.Tl/c3*7-2-1-3(8)5(10)6(11)4(2)9;1-2-6-4-3-5-1;/h;;;1-4H2;. The molecule has 0 amide bonds. The van der Waals surface area contributed by atoms with E-state index >= 15 is 0 Å².